The summed E-state index contributed by atoms with van der Waals surface area (Å²) in [6.45, 7) is 8.22. The van der Waals surface area contributed by atoms with Crippen molar-refractivity contribution in [3.63, 3.8) is 0 Å². The Balaban J connectivity index is 1.98. The summed E-state index contributed by atoms with van der Waals surface area (Å²) in [7, 11) is -1.04. The number of hydrogen-bond acceptors (Lipinski definition) is 4. The molecule has 1 N–H and O–H groups in total. The Morgan fingerprint density at radius 3 is 2.79 bits per heavy atom. The van der Waals surface area contributed by atoms with Crippen LogP contribution in [-0.4, -0.2) is 34.8 Å². The molecular weight excluding hydrogens is 258 g/mol. The molecule has 0 atom stereocenters. The maximum atomic E-state index is 9.08. The van der Waals surface area contributed by atoms with Gasteiger partial charge in [-0.25, -0.2) is 4.68 Å². The molecule has 1 heterocycles. The van der Waals surface area contributed by atoms with Crippen LogP contribution in [0.1, 0.15) is 5.56 Å². The topological polar surface area (TPSA) is 60.2 Å². The summed E-state index contributed by atoms with van der Waals surface area (Å²) in [5.74, 6) is 0. The Morgan fingerprint density at radius 1 is 1.32 bits per heavy atom. The standard InChI is InChI=1S/C13H21N3O2Si/c1-19(2,3)7-6-18-10-16-13-5-4-11(9-17)8-12(13)14-15-16/h4-5,8,17H,6-7,9-10H2,1-3H3. The lowest BCUT2D eigenvalue weighted by atomic mass is 10.2. The largest absolute Gasteiger partial charge is 0.392 e. The molecule has 0 amide bonds. The van der Waals surface area contributed by atoms with Gasteiger partial charge >= 0.3 is 0 Å². The number of rotatable bonds is 6. The first-order chi connectivity index (χ1) is 8.99. The highest BCUT2D eigenvalue weighted by molar-refractivity contribution is 6.76. The minimum atomic E-state index is -1.04. The molecule has 104 valence electrons. The van der Waals surface area contributed by atoms with E-state index in [-0.39, 0.29) is 6.61 Å². The van der Waals surface area contributed by atoms with Crippen molar-refractivity contribution in [2.75, 3.05) is 6.61 Å². The van der Waals surface area contributed by atoms with Crippen LogP contribution in [-0.2, 0) is 18.1 Å². The summed E-state index contributed by atoms with van der Waals surface area (Å²) in [4.78, 5) is 0. The fraction of sp³-hybridized carbons (Fsp3) is 0.538. The second kappa shape index (κ2) is 5.81. The average Bonchev–Trinajstić information content (AvgIpc) is 2.75. The van der Waals surface area contributed by atoms with Crippen molar-refractivity contribution >= 4 is 19.1 Å². The molecule has 2 rings (SSSR count). The van der Waals surface area contributed by atoms with Crippen molar-refractivity contribution < 1.29 is 9.84 Å². The molecule has 1 aromatic carbocycles. The van der Waals surface area contributed by atoms with Crippen LogP contribution in [0.4, 0.5) is 0 Å². The van der Waals surface area contributed by atoms with Gasteiger partial charge in [0.25, 0.3) is 0 Å². The van der Waals surface area contributed by atoms with E-state index in [2.05, 4.69) is 30.0 Å². The fourth-order valence-corrected chi connectivity index (χ4v) is 2.50. The van der Waals surface area contributed by atoms with Crippen LogP contribution in [0.3, 0.4) is 0 Å². The summed E-state index contributed by atoms with van der Waals surface area (Å²) in [6, 6.07) is 6.79. The summed E-state index contributed by atoms with van der Waals surface area (Å²) >= 11 is 0. The third kappa shape index (κ3) is 3.86. The summed E-state index contributed by atoms with van der Waals surface area (Å²) in [5.41, 5.74) is 2.57. The first kappa shape index (κ1) is 14.2. The first-order valence-corrected chi connectivity index (χ1v) is 10.2. The van der Waals surface area contributed by atoms with Crippen LogP contribution in [0, 0.1) is 0 Å². The molecule has 6 heteroatoms. The Bertz CT molecular complexity index is 548. The van der Waals surface area contributed by atoms with Gasteiger partial charge < -0.3 is 9.84 Å². The zero-order valence-electron chi connectivity index (χ0n) is 11.8. The van der Waals surface area contributed by atoms with Crippen molar-refractivity contribution in [2.24, 2.45) is 0 Å². The zero-order chi connectivity index (χ0) is 13.9. The number of aliphatic hydroxyl groups excluding tert-OH is 1. The van der Waals surface area contributed by atoms with E-state index in [0.717, 1.165) is 29.2 Å². The van der Waals surface area contributed by atoms with E-state index in [0.29, 0.717) is 6.73 Å². The first-order valence-electron chi connectivity index (χ1n) is 6.50. The highest BCUT2D eigenvalue weighted by atomic mass is 28.3. The molecule has 0 unspecified atom stereocenters. The lowest BCUT2D eigenvalue weighted by Gasteiger charge is -2.15. The normalized spacial score (nSPS) is 12.2. The van der Waals surface area contributed by atoms with Crippen molar-refractivity contribution in [1.29, 1.82) is 0 Å². The molecular formula is C13H21N3O2Si. The molecule has 0 radical (unpaired) electrons. The molecule has 5 nitrogen and oxygen atoms in total. The molecule has 19 heavy (non-hydrogen) atoms. The van der Waals surface area contributed by atoms with Gasteiger partial charge in [-0.1, -0.05) is 30.9 Å². The number of benzene rings is 1. The fourth-order valence-electron chi connectivity index (χ4n) is 1.74. The Morgan fingerprint density at radius 2 is 2.11 bits per heavy atom. The highest BCUT2D eigenvalue weighted by Crippen LogP contribution is 2.14. The van der Waals surface area contributed by atoms with E-state index >= 15 is 0 Å². The summed E-state index contributed by atoms with van der Waals surface area (Å²) < 4.78 is 7.42. The maximum Gasteiger partial charge on any atom is 0.141 e. The maximum absolute atomic E-state index is 9.08. The zero-order valence-corrected chi connectivity index (χ0v) is 12.8. The van der Waals surface area contributed by atoms with Gasteiger partial charge in [0.2, 0.25) is 0 Å². The van der Waals surface area contributed by atoms with E-state index in [4.69, 9.17) is 9.84 Å². The third-order valence-corrected chi connectivity index (χ3v) is 4.67. The van der Waals surface area contributed by atoms with Crippen molar-refractivity contribution in [3.8, 4) is 0 Å². The number of hydrogen-bond donors (Lipinski definition) is 1. The molecule has 0 bridgehead atoms. The number of fused-ring (bicyclic) bond motifs is 1. The van der Waals surface area contributed by atoms with Crippen LogP contribution in [0.15, 0.2) is 18.2 Å². The van der Waals surface area contributed by atoms with Gasteiger partial charge in [0.1, 0.15) is 12.2 Å². The van der Waals surface area contributed by atoms with Gasteiger partial charge in [0, 0.05) is 14.7 Å². The summed E-state index contributed by atoms with van der Waals surface area (Å²) in [5, 5.41) is 17.2. The SMILES string of the molecule is C[Si](C)(C)CCOCn1nnc2cc(CO)ccc21. The van der Waals surface area contributed by atoms with Crippen LogP contribution >= 0.6 is 0 Å². The number of nitrogens with zero attached hydrogens (tertiary/aromatic N) is 3. The lowest BCUT2D eigenvalue weighted by Crippen LogP contribution is -2.22. The second-order valence-corrected chi connectivity index (χ2v) is 11.5. The number of ether oxygens (including phenoxy) is 1. The molecule has 2 aromatic rings. The molecule has 1 aromatic heterocycles. The molecule has 0 saturated carbocycles. The Labute approximate surface area is 114 Å². The van der Waals surface area contributed by atoms with Gasteiger partial charge in [-0.3, -0.25) is 0 Å². The predicted molar refractivity (Wildman–Crippen MR) is 77.6 cm³/mol. The monoisotopic (exact) mass is 279 g/mol. The van der Waals surface area contributed by atoms with Gasteiger partial charge in [-0.15, -0.1) is 5.10 Å². The third-order valence-electron chi connectivity index (χ3n) is 2.97. The minimum Gasteiger partial charge on any atom is -0.392 e. The van der Waals surface area contributed by atoms with Crippen molar-refractivity contribution in [2.45, 2.75) is 39.0 Å². The van der Waals surface area contributed by atoms with Crippen LogP contribution < -0.4 is 0 Å². The lowest BCUT2D eigenvalue weighted by molar-refractivity contribution is 0.0803. The Hall–Kier alpha value is -1.24. The Kier molecular flexibility index (Phi) is 4.33. The quantitative estimate of drug-likeness (QED) is 0.651. The van der Waals surface area contributed by atoms with Gasteiger partial charge in [-0.05, 0) is 23.7 Å². The van der Waals surface area contributed by atoms with Gasteiger partial charge in [0.05, 0.1) is 12.1 Å². The van der Waals surface area contributed by atoms with E-state index in [1.54, 1.807) is 4.68 Å². The van der Waals surface area contributed by atoms with Gasteiger partial charge in [-0.2, -0.15) is 0 Å². The van der Waals surface area contributed by atoms with Gasteiger partial charge in [0.15, 0.2) is 0 Å². The highest BCUT2D eigenvalue weighted by Gasteiger charge is 2.12. The van der Waals surface area contributed by atoms with E-state index < -0.39 is 8.07 Å². The predicted octanol–water partition coefficient (Wildman–Crippen LogP) is 2.24. The molecule has 0 aliphatic rings. The molecule has 0 aliphatic heterocycles. The number of aliphatic hydroxyl groups is 1. The van der Waals surface area contributed by atoms with E-state index in [1.165, 1.54) is 0 Å². The van der Waals surface area contributed by atoms with Crippen molar-refractivity contribution in [3.05, 3.63) is 23.8 Å². The smallest absolute Gasteiger partial charge is 0.141 e. The minimum absolute atomic E-state index is 0.0233. The summed E-state index contributed by atoms with van der Waals surface area (Å²) in [6.07, 6.45) is 0. The van der Waals surface area contributed by atoms with E-state index in [9.17, 15) is 0 Å². The van der Waals surface area contributed by atoms with Crippen LogP contribution in [0.5, 0.6) is 0 Å². The average molecular weight is 279 g/mol. The second-order valence-electron chi connectivity index (χ2n) is 5.92. The molecule has 0 fully saturated rings. The molecule has 0 spiro atoms. The number of aromatic nitrogens is 3. The van der Waals surface area contributed by atoms with E-state index in [1.807, 2.05) is 18.2 Å². The molecule has 0 aliphatic carbocycles. The van der Waals surface area contributed by atoms with Crippen molar-refractivity contribution in [1.82, 2.24) is 15.0 Å². The molecule has 0 saturated heterocycles. The van der Waals surface area contributed by atoms with Crippen LogP contribution in [0.25, 0.3) is 11.0 Å². The van der Waals surface area contributed by atoms with Crippen LogP contribution in [0.2, 0.25) is 25.7 Å².